The van der Waals surface area contributed by atoms with Crippen molar-refractivity contribution in [2.24, 2.45) is 0 Å². The zero-order valence-electron chi connectivity index (χ0n) is 15.1. The lowest BCUT2D eigenvalue weighted by Crippen LogP contribution is -2.33. The van der Waals surface area contributed by atoms with Crippen LogP contribution in [0.3, 0.4) is 0 Å². The molecule has 1 aromatic heterocycles. The van der Waals surface area contributed by atoms with E-state index in [0.717, 1.165) is 44.1 Å². The maximum Gasteiger partial charge on any atom is 0.161 e. The summed E-state index contributed by atoms with van der Waals surface area (Å²) < 4.78 is 11.2. The number of nitrogens with zero attached hydrogens (tertiary/aromatic N) is 2. The molecule has 2 aromatic rings. The van der Waals surface area contributed by atoms with Gasteiger partial charge >= 0.3 is 0 Å². The van der Waals surface area contributed by atoms with E-state index in [1.165, 1.54) is 11.1 Å². The van der Waals surface area contributed by atoms with Gasteiger partial charge in [-0.15, -0.1) is 0 Å². The molecule has 2 heterocycles. The Morgan fingerprint density at radius 3 is 2.84 bits per heavy atom. The fourth-order valence-corrected chi connectivity index (χ4v) is 3.41. The number of hydrogen-bond acceptors (Lipinski definition) is 5. The Labute approximate surface area is 150 Å². The molecule has 0 spiro atoms. The van der Waals surface area contributed by atoms with E-state index in [-0.39, 0.29) is 6.04 Å². The first kappa shape index (κ1) is 17.7. The van der Waals surface area contributed by atoms with Crippen LogP contribution in [0.15, 0.2) is 42.7 Å². The van der Waals surface area contributed by atoms with Crippen molar-refractivity contribution in [3.05, 3.63) is 53.9 Å². The molecule has 1 aliphatic heterocycles. The van der Waals surface area contributed by atoms with Crippen molar-refractivity contribution in [3.63, 3.8) is 0 Å². The van der Waals surface area contributed by atoms with Crippen molar-refractivity contribution in [2.75, 3.05) is 39.9 Å². The third kappa shape index (κ3) is 4.30. The fourth-order valence-electron chi connectivity index (χ4n) is 3.41. The molecule has 0 saturated carbocycles. The summed E-state index contributed by atoms with van der Waals surface area (Å²) in [5.41, 5.74) is 2.41. The summed E-state index contributed by atoms with van der Waals surface area (Å²) in [6.07, 6.45) is 4.93. The van der Waals surface area contributed by atoms with Crippen molar-refractivity contribution in [3.8, 4) is 11.5 Å². The monoisotopic (exact) mass is 341 g/mol. The average molecular weight is 341 g/mol. The minimum Gasteiger partial charge on any atom is -0.493 e. The highest BCUT2D eigenvalue weighted by Gasteiger charge is 2.24. The number of aromatic nitrogens is 1. The maximum absolute atomic E-state index is 5.80. The molecule has 0 radical (unpaired) electrons. The van der Waals surface area contributed by atoms with Gasteiger partial charge in [0.2, 0.25) is 0 Å². The van der Waals surface area contributed by atoms with Crippen LogP contribution in [0.25, 0.3) is 0 Å². The largest absolute Gasteiger partial charge is 0.493 e. The Morgan fingerprint density at radius 1 is 1.16 bits per heavy atom. The fraction of sp³-hybridized carbons (Fsp3) is 0.450. The highest BCUT2D eigenvalue weighted by atomic mass is 16.5. The zero-order valence-corrected chi connectivity index (χ0v) is 15.1. The number of ether oxygens (including phenoxy) is 2. The second kappa shape index (κ2) is 8.83. The molecule has 3 rings (SSSR count). The summed E-state index contributed by atoms with van der Waals surface area (Å²) in [5.74, 6) is 1.57. The Kier molecular flexibility index (Phi) is 6.25. The Bertz CT molecular complexity index is 655. The van der Waals surface area contributed by atoms with Gasteiger partial charge in [0.1, 0.15) is 0 Å². The van der Waals surface area contributed by atoms with Gasteiger partial charge in [-0.05, 0) is 49.2 Å². The van der Waals surface area contributed by atoms with E-state index in [9.17, 15) is 0 Å². The van der Waals surface area contributed by atoms with Gasteiger partial charge in [-0.3, -0.25) is 9.88 Å². The molecule has 1 saturated heterocycles. The average Bonchev–Trinajstić information content (AvgIpc) is 2.93. The molecule has 1 atom stereocenters. The molecule has 1 fully saturated rings. The summed E-state index contributed by atoms with van der Waals surface area (Å²) in [4.78, 5) is 6.87. The third-order valence-corrected chi connectivity index (χ3v) is 4.54. The molecule has 0 aliphatic carbocycles. The molecule has 134 valence electrons. The quantitative estimate of drug-likeness (QED) is 0.875. The second-order valence-electron chi connectivity index (χ2n) is 6.17. The summed E-state index contributed by atoms with van der Waals surface area (Å²) in [6, 6.07) is 10.6. The Hall–Kier alpha value is -2.11. The predicted molar refractivity (Wildman–Crippen MR) is 99.3 cm³/mol. The molecular formula is C20H27N3O2. The van der Waals surface area contributed by atoms with Gasteiger partial charge in [0.25, 0.3) is 0 Å². The van der Waals surface area contributed by atoms with Crippen molar-refractivity contribution in [1.29, 1.82) is 0 Å². The molecule has 25 heavy (non-hydrogen) atoms. The van der Waals surface area contributed by atoms with Gasteiger partial charge < -0.3 is 14.8 Å². The van der Waals surface area contributed by atoms with E-state index in [4.69, 9.17) is 9.47 Å². The van der Waals surface area contributed by atoms with Crippen molar-refractivity contribution in [1.82, 2.24) is 15.2 Å². The SMILES string of the molecule is CCOc1cc(C(c2cccnc2)N2CCCNCC2)ccc1OC. The van der Waals surface area contributed by atoms with E-state index in [1.807, 2.05) is 31.5 Å². The molecule has 5 nitrogen and oxygen atoms in total. The van der Waals surface area contributed by atoms with Crippen molar-refractivity contribution < 1.29 is 9.47 Å². The van der Waals surface area contributed by atoms with Crippen LogP contribution in [0, 0.1) is 0 Å². The van der Waals surface area contributed by atoms with Crippen molar-refractivity contribution in [2.45, 2.75) is 19.4 Å². The molecule has 1 N–H and O–H groups in total. The van der Waals surface area contributed by atoms with Crippen LogP contribution in [0.4, 0.5) is 0 Å². The first-order chi connectivity index (χ1) is 12.3. The number of benzene rings is 1. The highest BCUT2D eigenvalue weighted by Crippen LogP contribution is 2.35. The highest BCUT2D eigenvalue weighted by molar-refractivity contribution is 5.45. The van der Waals surface area contributed by atoms with E-state index < -0.39 is 0 Å². The van der Waals surface area contributed by atoms with Crippen LogP contribution in [-0.2, 0) is 0 Å². The van der Waals surface area contributed by atoms with Crippen LogP contribution in [0.1, 0.15) is 30.5 Å². The summed E-state index contributed by atoms with van der Waals surface area (Å²) in [6.45, 7) is 6.75. The zero-order chi connectivity index (χ0) is 17.5. The molecule has 1 aliphatic rings. The normalized spacial score (nSPS) is 16.9. The van der Waals surface area contributed by atoms with Gasteiger partial charge in [-0.25, -0.2) is 0 Å². The molecule has 0 amide bonds. The Morgan fingerprint density at radius 2 is 2.08 bits per heavy atom. The lowest BCUT2D eigenvalue weighted by atomic mass is 9.97. The lowest BCUT2D eigenvalue weighted by molar-refractivity contribution is 0.239. The molecule has 5 heteroatoms. The molecule has 1 unspecified atom stereocenters. The summed E-state index contributed by atoms with van der Waals surface area (Å²) in [5, 5.41) is 3.48. The molecule has 1 aromatic carbocycles. The van der Waals surface area contributed by atoms with Crippen LogP contribution < -0.4 is 14.8 Å². The summed E-state index contributed by atoms with van der Waals surface area (Å²) in [7, 11) is 1.68. The van der Waals surface area contributed by atoms with Gasteiger partial charge in [-0.2, -0.15) is 0 Å². The predicted octanol–water partition coefficient (Wildman–Crippen LogP) is 2.87. The molecule has 0 bridgehead atoms. The standard InChI is InChI=1S/C20H27N3O2/c1-3-25-19-14-16(7-8-18(19)24-2)20(17-6-4-9-22-15-17)23-12-5-10-21-11-13-23/h4,6-9,14-15,20-21H,3,5,10-13H2,1-2H3. The minimum absolute atomic E-state index is 0.165. The third-order valence-electron chi connectivity index (χ3n) is 4.54. The number of pyridine rings is 1. The van der Waals surface area contributed by atoms with Crippen LogP contribution in [-0.4, -0.2) is 49.8 Å². The number of rotatable bonds is 6. The minimum atomic E-state index is 0.165. The van der Waals surface area contributed by atoms with E-state index >= 15 is 0 Å². The van der Waals surface area contributed by atoms with Crippen molar-refractivity contribution >= 4 is 0 Å². The molecular weight excluding hydrogens is 314 g/mol. The van der Waals surface area contributed by atoms with E-state index in [1.54, 1.807) is 7.11 Å². The first-order valence-electron chi connectivity index (χ1n) is 8.99. The number of nitrogens with one attached hydrogen (secondary N) is 1. The number of hydrogen-bond donors (Lipinski definition) is 1. The van der Waals surface area contributed by atoms with Crippen LogP contribution in [0.5, 0.6) is 11.5 Å². The lowest BCUT2D eigenvalue weighted by Gasteiger charge is -2.31. The second-order valence-corrected chi connectivity index (χ2v) is 6.17. The van der Waals surface area contributed by atoms with E-state index in [0.29, 0.717) is 6.61 Å². The first-order valence-corrected chi connectivity index (χ1v) is 8.99. The smallest absolute Gasteiger partial charge is 0.161 e. The van der Waals surface area contributed by atoms with E-state index in [2.05, 4.69) is 33.4 Å². The summed E-state index contributed by atoms with van der Waals surface area (Å²) >= 11 is 0. The Balaban J connectivity index is 2.00. The van der Waals surface area contributed by atoms with Gasteiger partial charge in [0.05, 0.1) is 19.8 Å². The number of methoxy groups -OCH3 is 1. The van der Waals surface area contributed by atoms with Gasteiger partial charge in [0.15, 0.2) is 11.5 Å². The maximum atomic E-state index is 5.80. The van der Waals surface area contributed by atoms with Gasteiger partial charge in [0, 0.05) is 32.0 Å². The van der Waals surface area contributed by atoms with Gasteiger partial charge in [-0.1, -0.05) is 12.1 Å². The van der Waals surface area contributed by atoms with Crippen LogP contribution in [0.2, 0.25) is 0 Å². The topological polar surface area (TPSA) is 46.6 Å². The van der Waals surface area contributed by atoms with Crippen LogP contribution >= 0.6 is 0 Å².